The molecule has 0 fully saturated rings. The standard InChI is InChI=1S/C9H11NO5S/c1-10(15-16(13)14)8(9(11)12)7-5-3-2-4-6-7/h2-6,8H,1H3,(H,11,12)(H,13,14)/p-1. The van der Waals surface area contributed by atoms with Crippen LogP contribution in [-0.4, -0.2) is 31.9 Å². The number of hydrogen-bond acceptors (Lipinski definition) is 5. The molecular formula is C9H10NO5S-. The first-order valence-corrected chi connectivity index (χ1v) is 5.30. The van der Waals surface area contributed by atoms with Crippen molar-refractivity contribution in [1.29, 1.82) is 0 Å². The number of carbonyl (C=O) groups is 1. The molecule has 0 amide bonds. The van der Waals surface area contributed by atoms with Crippen molar-refractivity contribution in [2.75, 3.05) is 7.05 Å². The van der Waals surface area contributed by atoms with E-state index in [4.69, 9.17) is 5.11 Å². The molecule has 0 aliphatic rings. The monoisotopic (exact) mass is 244 g/mol. The fraction of sp³-hybridized carbons (Fsp3) is 0.222. The van der Waals surface area contributed by atoms with Crippen LogP contribution in [0.3, 0.4) is 0 Å². The van der Waals surface area contributed by atoms with E-state index in [9.17, 15) is 13.6 Å². The molecule has 0 aliphatic carbocycles. The van der Waals surface area contributed by atoms with Crippen LogP contribution in [0.2, 0.25) is 0 Å². The number of likely N-dealkylation sites (N-methyl/N-ethyl adjacent to an activating group) is 1. The lowest BCUT2D eigenvalue weighted by Gasteiger charge is -2.24. The summed E-state index contributed by atoms with van der Waals surface area (Å²) in [6, 6.07) is 7.04. The second-order valence-electron chi connectivity index (χ2n) is 2.98. The van der Waals surface area contributed by atoms with Gasteiger partial charge in [0.2, 0.25) is 0 Å². The van der Waals surface area contributed by atoms with Crippen LogP contribution >= 0.6 is 0 Å². The molecule has 1 N–H and O–H groups in total. The molecular weight excluding hydrogens is 234 g/mol. The van der Waals surface area contributed by atoms with Crippen molar-refractivity contribution in [3.63, 3.8) is 0 Å². The molecule has 1 aromatic carbocycles. The Labute approximate surface area is 94.9 Å². The smallest absolute Gasteiger partial charge is 0.327 e. The van der Waals surface area contributed by atoms with Crippen molar-refractivity contribution in [3.8, 4) is 0 Å². The minimum Gasteiger partial charge on any atom is -0.748 e. The summed E-state index contributed by atoms with van der Waals surface area (Å²) >= 11 is -2.79. The second-order valence-corrected chi connectivity index (χ2v) is 3.53. The summed E-state index contributed by atoms with van der Waals surface area (Å²) < 4.78 is 24.9. The first-order valence-electron chi connectivity index (χ1n) is 4.30. The summed E-state index contributed by atoms with van der Waals surface area (Å²) in [4.78, 5) is 11.0. The second kappa shape index (κ2) is 5.71. The Morgan fingerprint density at radius 3 is 2.50 bits per heavy atom. The fourth-order valence-electron chi connectivity index (χ4n) is 1.28. The van der Waals surface area contributed by atoms with Gasteiger partial charge in [0.25, 0.3) is 0 Å². The van der Waals surface area contributed by atoms with E-state index in [0.717, 1.165) is 5.06 Å². The molecule has 0 saturated carbocycles. The average molecular weight is 244 g/mol. The van der Waals surface area contributed by atoms with Gasteiger partial charge in [0.05, 0.1) is 0 Å². The van der Waals surface area contributed by atoms with Gasteiger partial charge in [-0.2, -0.15) is 5.06 Å². The highest BCUT2D eigenvalue weighted by molar-refractivity contribution is 7.74. The minimum absolute atomic E-state index is 0.433. The number of carboxylic acid groups (broad SMARTS) is 1. The van der Waals surface area contributed by atoms with E-state index < -0.39 is 23.4 Å². The Morgan fingerprint density at radius 1 is 1.50 bits per heavy atom. The maximum atomic E-state index is 11.0. The Bertz CT molecular complexity index is 383. The lowest BCUT2D eigenvalue weighted by molar-refractivity contribution is -0.156. The molecule has 2 atom stereocenters. The average Bonchev–Trinajstić information content (AvgIpc) is 2.17. The van der Waals surface area contributed by atoms with Crippen LogP contribution in [0.1, 0.15) is 11.6 Å². The van der Waals surface area contributed by atoms with E-state index in [1.165, 1.54) is 7.05 Å². The Hall–Kier alpha value is -1.28. The van der Waals surface area contributed by atoms with E-state index in [2.05, 4.69) is 4.28 Å². The largest absolute Gasteiger partial charge is 0.748 e. The van der Waals surface area contributed by atoms with Crippen molar-refractivity contribution in [3.05, 3.63) is 35.9 Å². The molecule has 0 aromatic heterocycles. The van der Waals surface area contributed by atoms with Crippen molar-refractivity contribution >= 4 is 17.3 Å². The quantitative estimate of drug-likeness (QED) is 0.598. The molecule has 16 heavy (non-hydrogen) atoms. The summed E-state index contributed by atoms with van der Waals surface area (Å²) in [6.45, 7) is 0. The first kappa shape index (κ1) is 12.8. The van der Waals surface area contributed by atoms with Crippen molar-refractivity contribution < 1.29 is 22.9 Å². The molecule has 6 nitrogen and oxygen atoms in total. The van der Waals surface area contributed by atoms with E-state index in [-0.39, 0.29) is 0 Å². The van der Waals surface area contributed by atoms with Crippen LogP contribution in [0, 0.1) is 0 Å². The van der Waals surface area contributed by atoms with Gasteiger partial charge in [0, 0.05) is 7.05 Å². The van der Waals surface area contributed by atoms with Crippen LogP contribution < -0.4 is 0 Å². The van der Waals surface area contributed by atoms with E-state index in [1.807, 2.05) is 0 Å². The molecule has 0 radical (unpaired) electrons. The molecule has 0 heterocycles. The summed E-state index contributed by atoms with van der Waals surface area (Å²) in [7, 11) is 1.24. The number of benzene rings is 1. The SMILES string of the molecule is CN(OS(=O)[O-])C(C(=O)O)c1ccccc1. The fourth-order valence-corrected chi connectivity index (χ4v) is 1.56. The summed E-state index contributed by atoms with van der Waals surface area (Å²) in [5.41, 5.74) is 0.433. The third-order valence-electron chi connectivity index (χ3n) is 1.89. The molecule has 1 aromatic rings. The van der Waals surface area contributed by atoms with Crippen molar-refractivity contribution in [1.82, 2.24) is 5.06 Å². The Balaban J connectivity index is 2.92. The zero-order valence-corrected chi connectivity index (χ0v) is 9.22. The van der Waals surface area contributed by atoms with Crippen molar-refractivity contribution in [2.45, 2.75) is 6.04 Å². The van der Waals surface area contributed by atoms with Crippen LogP contribution in [0.5, 0.6) is 0 Å². The van der Waals surface area contributed by atoms with E-state index in [1.54, 1.807) is 30.3 Å². The number of carboxylic acids is 1. The topological polar surface area (TPSA) is 89.9 Å². The summed E-state index contributed by atoms with van der Waals surface area (Å²) in [6.07, 6.45) is 0. The maximum Gasteiger partial charge on any atom is 0.327 e. The van der Waals surface area contributed by atoms with Gasteiger partial charge < -0.3 is 9.66 Å². The van der Waals surface area contributed by atoms with Gasteiger partial charge in [0.1, 0.15) is 11.4 Å². The molecule has 7 heteroatoms. The highest BCUT2D eigenvalue weighted by Crippen LogP contribution is 2.19. The molecule has 1 rings (SSSR count). The number of rotatable bonds is 5. The molecule has 88 valence electrons. The van der Waals surface area contributed by atoms with Crippen LogP contribution in [0.4, 0.5) is 0 Å². The van der Waals surface area contributed by atoms with Crippen molar-refractivity contribution in [2.24, 2.45) is 0 Å². The van der Waals surface area contributed by atoms with Gasteiger partial charge in [-0.15, -0.1) is 0 Å². The normalized spacial score (nSPS) is 14.7. The number of hydroxylamine groups is 2. The van der Waals surface area contributed by atoms with Crippen LogP contribution in [-0.2, 0) is 20.4 Å². The molecule has 0 saturated heterocycles. The summed E-state index contributed by atoms with van der Waals surface area (Å²) in [5.74, 6) is -1.20. The highest BCUT2D eigenvalue weighted by Gasteiger charge is 2.25. The highest BCUT2D eigenvalue weighted by atomic mass is 32.2. The van der Waals surface area contributed by atoms with Gasteiger partial charge in [0.15, 0.2) is 6.04 Å². The predicted octanol–water partition coefficient (Wildman–Crippen LogP) is 0.470. The first-order chi connectivity index (χ1) is 7.52. The van der Waals surface area contributed by atoms with Gasteiger partial charge in [-0.1, -0.05) is 30.3 Å². The lowest BCUT2D eigenvalue weighted by Crippen LogP contribution is -2.31. The van der Waals surface area contributed by atoms with Gasteiger partial charge >= 0.3 is 5.97 Å². The molecule has 0 bridgehead atoms. The zero-order valence-electron chi connectivity index (χ0n) is 8.40. The lowest BCUT2D eigenvalue weighted by atomic mass is 10.1. The summed E-state index contributed by atoms with van der Waals surface area (Å²) in [5, 5.41) is 9.75. The van der Waals surface area contributed by atoms with Gasteiger partial charge in [-0.3, -0.25) is 4.79 Å². The van der Waals surface area contributed by atoms with Gasteiger partial charge in [-0.05, 0) is 5.56 Å². The Morgan fingerprint density at radius 2 is 2.06 bits per heavy atom. The third-order valence-corrected chi connectivity index (χ3v) is 2.25. The van der Waals surface area contributed by atoms with Crippen LogP contribution in [0.15, 0.2) is 30.3 Å². The van der Waals surface area contributed by atoms with E-state index in [0.29, 0.717) is 5.56 Å². The number of hydrogen-bond donors (Lipinski definition) is 1. The van der Waals surface area contributed by atoms with Gasteiger partial charge in [-0.25, -0.2) is 8.49 Å². The number of nitrogens with zero attached hydrogens (tertiary/aromatic N) is 1. The molecule has 0 spiro atoms. The predicted molar refractivity (Wildman–Crippen MR) is 54.6 cm³/mol. The van der Waals surface area contributed by atoms with E-state index >= 15 is 0 Å². The number of aliphatic carboxylic acids is 1. The maximum absolute atomic E-state index is 11.0. The molecule has 2 unspecified atom stereocenters. The minimum atomic E-state index is -2.79. The van der Waals surface area contributed by atoms with Crippen LogP contribution in [0.25, 0.3) is 0 Å². The molecule has 0 aliphatic heterocycles. The third kappa shape index (κ3) is 3.38. The Kier molecular flexibility index (Phi) is 4.56. The zero-order chi connectivity index (χ0) is 12.1.